The van der Waals surface area contributed by atoms with Gasteiger partial charge in [0.25, 0.3) is 0 Å². The van der Waals surface area contributed by atoms with Crippen LogP contribution in [-0.4, -0.2) is 5.78 Å². The highest BCUT2D eigenvalue weighted by atomic mass is 16.1. The zero-order valence-electron chi connectivity index (χ0n) is 5.69. The second-order valence-electron chi connectivity index (χ2n) is 1.34. The summed E-state index contributed by atoms with van der Waals surface area (Å²) in [5, 5.41) is 0. The Morgan fingerprint density at radius 3 is 1.45 bits per heavy atom. The van der Waals surface area contributed by atoms with Crippen LogP contribution in [0.5, 0.6) is 0 Å². The molecule has 0 atom stereocenters. The first-order valence-electron chi connectivity index (χ1n) is 2.55. The third-order valence-corrected chi connectivity index (χ3v) is 0.498. The summed E-state index contributed by atoms with van der Waals surface area (Å²) in [5.41, 5.74) is 0. The first-order valence-corrected chi connectivity index (χ1v) is 2.55. The van der Waals surface area contributed by atoms with Crippen molar-refractivity contribution in [3.05, 3.63) is 0 Å². The zero-order chi connectivity index (χ0) is 6.99. The van der Waals surface area contributed by atoms with E-state index >= 15 is 0 Å². The van der Waals surface area contributed by atoms with Crippen LogP contribution in [0, 0.1) is 12.3 Å². The molecular weight excluding hydrogens is 136 g/mol. The fourth-order valence-corrected chi connectivity index (χ4v) is 0. The maximum absolute atomic E-state index is 9.81. The van der Waals surface area contributed by atoms with E-state index in [2.05, 4.69) is 12.3 Å². The van der Waals surface area contributed by atoms with Gasteiger partial charge in [-0.25, -0.2) is 0 Å². The molecule has 0 aliphatic heterocycles. The van der Waals surface area contributed by atoms with Crippen LogP contribution in [0.3, 0.4) is 0 Å². The van der Waals surface area contributed by atoms with Crippen molar-refractivity contribution in [2.45, 2.75) is 49.5 Å². The molecule has 0 N–H and O–H groups in total. The number of rotatable bonds is 1. The SMILES string of the molecule is C.C.C.C#CC.CCC(C)=O. The van der Waals surface area contributed by atoms with Crippen LogP contribution >= 0.6 is 0 Å². The summed E-state index contributed by atoms with van der Waals surface area (Å²) in [5.74, 6) is 2.50. The molecule has 0 rings (SSSR count). The van der Waals surface area contributed by atoms with Crippen molar-refractivity contribution in [1.29, 1.82) is 0 Å². The molecule has 11 heavy (non-hydrogen) atoms. The molecule has 0 unspecified atom stereocenters. The molecule has 0 aliphatic carbocycles. The van der Waals surface area contributed by atoms with Gasteiger partial charge in [-0.1, -0.05) is 29.2 Å². The molecule has 0 aromatic rings. The molecule has 1 heteroatoms. The zero-order valence-corrected chi connectivity index (χ0v) is 5.69. The Bertz CT molecular complexity index is 87.5. The lowest BCUT2D eigenvalue weighted by atomic mass is 10.4. The van der Waals surface area contributed by atoms with Gasteiger partial charge in [-0.3, -0.25) is 0 Å². The molecule has 0 heterocycles. The topological polar surface area (TPSA) is 17.1 Å². The normalized spacial score (nSPS) is 4.18. The quantitative estimate of drug-likeness (QED) is 0.536. The fourth-order valence-electron chi connectivity index (χ4n) is 0. The minimum atomic E-state index is 0. The van der Waals surface area contributed by atoms with Crippen LogP contribution < -0.4 is 0 Å². The predicted octanol–water partition coefficient (Wildman–Crippen LogP) is 3.53. The molecule has 0 aromatic carbocycles. The lowest BCUT2D eigenvalue weighted by Crippen LogP contribution is -1.80. The standard InChI is InChI=1S/C4H8O.C3H4.3CH4/c1-3-4(2)5;1-3-2;;;/h3H2,1-2H3;1H,2H3;3*1H4. The van der Waals surface area contributed by atoms with E-state index in [-0.39, 0.29) is 28.1 Å². The monoisotopic (exact) mass is 160 g/mol. The number of hydrogen-bond donors (Lipinski definition) is 0. The van der Waals surface area contributed by atoms with Crippen LogP contribution in [0.15, 0.2) is 0 Å². The molecule has 0 aromatic heterocycles. The Kier molecular flexibility index (Phi) is 101. The van der Waals surface area contributed by atoms with Crippen molar-refractivity contribution < 1.29 is 4.79 Å². The first kappa shape index (κ1) is 31.9. The van der Waals surface area contributed by atoms with E-state index in [4.69, 9.17) is 0 Å². The van der Waals surface area contributed by atoms with Crippen LogP contribution in [0.2, 0.25) is 0 Å². The van der Waals surface area contributed by atoms with Gasteiger partial charge in [0.15, 0.2) is 0 Å². The molecule has 0 saturated carbocycles. The second kappa shape index (κ2) is 34.9. The van der Waals surface area contributed by atoms with E-state index in [0.29, 0.717) is 6.42 Å². The van der Waals surface area contributed by atoms with Crippen molar-refractivity contribution in [2.75, 3.05) is 0 Å². The first-order chi connectivity index (χ1) is 3.68. The van der Waals surface area contributed by atoms with E-state index < -0.39 is 0 Å². The Hall–Kier alpha value is -0.770. The van der Waals surface area contributed by atoms with E-state index in [1.54, 1.807) is 13.8 Å². The summed E-state index contributed by atoms with van der Waals surface area (Å²) in [6.45, 7) is 5.09. The van der Waals surface area contributed by atoms with E-state index in [0.717, 1.165) is 0 Å². The molecule has 70 valence electrons. The lowest BCUT2D eigenvalue weighted by molar-refractivity contribution is -0.116. The number of Topliss-reactive ketones (excluding diaryl/α,β-unsaturated/α-hetero) is 1. The maximum Gasteiger partial charge on any atom is 0.129 e. The fraction of sp³-hybridized carbons (Fsp3) is 0.700. The minimum Gasteiger partial charge on any atom is -0.300 e. The third-order valence-electron chi connectivity index (χ3n) is 0.498. The van der Waals surface area contributed by atoms with E-state index in [1.165, 1.54) is 0 Å². The van der Waals surface area contributed by atoms with Crippen LogP contribution in [-0.2, 0) is 4.79 Å². The molecule has 0 radical (unpaired) electrons. The van der Waals surface area contributed by atoms with Crippen molar-refractivity contribution >= 4 is 5.78 Å². The largest absolute Gasteiger partial charge is 0.300 e. The highest BCUT2D eigenvalue weighted by Gasteiger charge is 1.76. The van der Waals surface area contributed by atoms with Gasteiger partial charge < -0.3 is 4.79 Å². The predicted molar refractivity (Wildman–Crippen MR) is 55.7 cm³/mol. The molecular formula is C10H24O. The summed E-state index contributed by atoms with van der Waals surface area (Å²) < 4.78 is 0. The van der Waals surface area contributed by atoms with Gasteiger partial charge in [0.05, 0.1) is 0 Å². The second-order valence-corrected chi connectivity index (χ2v) is 1.34. The van der Waals surface area contributed by atoms with Crippen LogP contribution in [0.25, 0.3) is 0 Å². The van der Waals surface area contributed by atoms with Gasteiger partial charge in [0, 0.05) is 6.42 Å². The summed E-state index contributed by atoms with van der Waals surface area (Å²) in [6, 6.07) is 0. The molecule has 0 bridgehead atoms. The maximum atomic E-state index is 9.81. The smallest absolute Gasteiger partial charge is 0.129 e. The lowest BCUT2D eigenvalue weighted by Gasteiger charge is -1.71. The van der Waals surface area contributed by atoms with E-state index in [1.807, 2.05) is 6.92 Å². The van der Waals surface area contributed by atoms with Crippen LogP contribution in [0.4, 0.5) is 0 Å². The number of carbonyl (C=O) groups excluding carboxylic acids is 1. The molecule has 0 aliphatic rings. The van der Waals surface area contributed by atoms with Crippen molar-refractivity contribution in [3.63, 3.8) is 0 Å². The van der Waals surface area contributed by atoms with Gasteiger partial charge in [-0.15, -0.1) is 12.3 Å². The highest BCUT2D eigenvalue weighted by Crippen LogP contribution is 1.71. The van der Waals surface area contributed by atoms with Gasteiger partial charge in [0.1, 0.15) is 5.78 Å². The molecule has 0 saturated heterocycles. The van der Waals surface area contributed by atoms with Gasteiger partial charge in [-0.05, 0) is 13.8 Å². The molecule has 1 nitrogen and oxygen atoms in total. The summed E-state index contributed by atoms with van der Waals surface area (Å²) in [4.78, 5) is 9.81. The Morgan fingerprint density at radius 1 is 1.36 bits per heavy atom. The number of ketones is 1. The number of hydrogen-bond acceptors (Lipinski definition) is 1. The minimum absolute atomic E-state index is 0. The Balaban J connectivity index is -0.0000000183. The average Bonchev–Trinajstić information content (AvgIpc) is 1.69. The van der Waals surface area contributed by atoms with Gasteiger partial charge in [0.2, 0.25) is 0 Å². The van der Waals surface area contributed by atoms with Gasteiger partial charge in [-0.2, -0.15) is 0 Å². The molecule has 0 spiro atoms. The number of carbonyl (C=O) groups is 1. The van der Waals surface area contributed by atoms with Crippen molar-refractivity contribution in [1.82, 2.24) is 0 Å². The number of terminal acetylenes is 1. The Morgan fingerprint density at radius 2 is 1.45 bits per heavy atom. The third kappa shape index (κ3) is 319. The van der Waals surface area contributed by atoms with Crippen molar-refractivity contribution in [3.8, 4) is 12.3 Å². The molecule has 0 amide bonds. The van der Waals surface area contributed by atoms with Gasteiger partial charge >= 0.3 is 0 Å². The summed E-state index contributed by atoms with van der Waals surface area (Å²) in [6.07, 6.45) is 5.26. The summed E-state index contributed by atoms with van der Waals surface area (Å²) in [7, 11) is 0. The summed E-state index contributed by atoms with van der Waals surface area (Å²) >= 11 is 0. The van der Waals surface area contributed by atoms with Crippen LogP contribution in [0.1, 0.15) is 49.5 Å². The molecule has 0 fully saturated rings. The highest BCUT2D eigenvalue weighted by molar-refractivity contribution is 5.74. The van der Waals surface area contributed by atoms with E-state index in [9.17, 15) is 4.79 Å². The average molecular weight is 160 g/mol. The Labute approximate surface area is 73.2 Å². The van der Waals surface area contributed by atoms with Crippen molar-refractivity contribution in [2.24, 2.45) is 0 Å².